The maximum absolute atomic E-state index is 13.5. The number of para-hydroxylation sites is 2. The molecule has 2 heterocycles. The van der Waals surface area contributed by atoms with Crippen molar-refractivity contribution in [3.8, 4) is 5.75 Å². The van der Waals surface area contributed by atoms with Gasteiger partial charge in [0.15, 0.2) is 11.5 Å². The van der Waals surface area contributed by atoms with Gasteiger partial charge in [-0.05, 0) is 35.9 Å². The summed E-state index contributed by atoms with van der Waals surface area (Å²) in [5.41, 5.74) is 2.13. The van der Waals surface area contributed by atoms with Gasteiger partial charge in [0.05, 0.1) is 17.7 Å². The summed E-state index contributed by atoms with van der Waals surface area (Å²) in [7, 11) is 0. The second-order valence-corrected chi connectivity index (χ2v) is 9.17. The topological polar surface area (TPSA) is 80.6 Å². The van der Waals surface area contributed by atoms with Crippen molar-refractivity contribution in [2.75, 3.05) is 11.4 Å². The zero-order valence-corrected chi connectivity index (χ0v) is 20.3. The average Bonchev–Trinajstić information content (AvgIpc) is 2.89. The number of nitrogens with zero attached hydrogens (tertiary/aromatic N) is 2. The molecule has 0 unspecified atom stereocenters. The molecule has 8 heteroatoms. The first-order chi connectivity index (χ1) is 17.0. The normalized spacial score (nSPS) is 14.8. The maximum atomic E-state index is 13.5. The van der Waals surface area contributed by atoms with Crippen molar-refractivity contribution in [2.45, 2.75) is 19.2 Å². The highest BCUT2D eigenvalue weighted by Crippen LogP contribution is 2.33. The van der Waals surface area contributed by atoms with Crippen molar-refractivity contribution in [1.29, 1.82) is 0 Å². The van der Waals surface area contributed by atoms with Crippen LogP contribution >= 0.6 is 15.9 Å². The van der Waals surface area contributed by atoms with Crippen LogP contribution in [0.15, 0.2) is 94.3 Å². The number of anilines is 1. The zero-order chi connectivity index (χ0) is 24.4. The van der Waals surface area contributed by atoms with Crippen LogP contribution < -0.4 is 20.4 Å². The lowest BCUT2D eigenvalue weighted by Gasteiger charge is -2.34. The van der Waals surface area contributed by atoms with Crippen LogP contribution in [-0.4, -0.2) is 29.0 Å². The predicted molar refractivity (Wildman–Crippen MR) is 137 cm³/mol. The molecule has 35 heavy (non-hydrogen) atoms. The number of amides is 2. The molecular formula is C27H22BrN3O4. The van der Waals surface area contributed by atoms with Crippen molar-refractivity contribution in [2.24, 2.45) is 0 Å². The summed E-state index contributed by atoms with van der Waals surface area (Å²) in [5, 5.41) is 3.42. The second-order valence-electron chi connectivity index (χ2n) is 8.25. The molecule has 1 N–H and O–H groups in total. The fourth-order valence-corrected chi connectivity index (χ4v) is 4.52. The lowest BCUT2D eigenvalue weighted by atomic mass is 10.1. The highest BCUT2D eigenvalue weighted by Gasteiger charge is 2.33. The fourth-order valence-electron chi connectivity index (χ4n) is 4.16. The third-order valence-corrected chi connectivity index (χ3v) is 6.41. The number of ether oxygens (including phenoxy) is 1. The van der Waals surface area contributed by atoms with Crippen LogP contribution in [0.2, 0.25) is 0 Å². The van der Waals surface area contributed by atoms with Gasteiger partial charge in [-0.25, -0.2) is 0 Å². The monoisotopic (exact) mass is 531 g/mol. The van der Waals surface area contributed by atoms with Gasteiger partial charge in [0.25, 0.3) is 5.91 Å². The number of aromatic nitrogens is 1. The van der Waals surface area contributed by atoms with Crippen LogP contribution in [0, 0.1) is 0 Å². The number of nitrogens with one attached hydrogen (secondary N) is 1. The summed E-state index contributed by atoms with van der Waals surface area (Å²) < 4.78 is 8.49. The summed E-state index contributed by atoms with van der Waals surface area (Å²) in [6.07, 6.45) is 0.770. The summed E-state index contributed by atoms with van der Waals surface area (Å²) >= 11 is 3.40. The van der Waals surface area contributed by atoms with Gasteiger partial charge in [-0.1, -0.05) is 58.4 Å². The molecule has 0 aliphatic carbocycles. The molecule has 4 aromatic rings. The summed E-state index contributed by atoms with van der Waals surface area (Å²) in [6, 6.07) is 23.6. The molecule has 0 spiro atoms. The molecular weight excluding hydrogens is 510 g/mol. The third-order valence-electron chi connectivity index (χ3n) is 5.92. The molecule has 2 amide bonds. The van der Waals surface area contributed by atoms with E-state index in [0.717, 1.165) is 10.0 Å². The first-order valence-corrected chi connectivity index (χ1v) is 12.0. The molecule has 1 aliphatic heterocycles. The van der Waals surface area contributed by atoms with E-state index in [4.69, 9.17) is 4.74 Å². The van der Waals surface area contributed by atoms with Crippen LogP contribution in [0.4, 0.5) is 5.69 Å². The molecule has 3 aromatic carbocycles. The maximum Gasteiger partial charge on any atom is 0.263 e. The van der Waals surface area contributed by atoms with Gasteiger partial charge in [-0.2, -0.15) is 0 Å². The van der Waals surface area contributed by atoms with Crippen LogP contribution in [0.1, 0.15) is 5.56 Å². The lowest BCUT2D eigenvalue weighted by Crippen LogP contribution is -2.51. The van der Waals surface area contributed by atoms with Crippen molar-refractivity contribution in [1.82, 2.24) is 9.88 Å². The molecule has 176 valence electrons. The van der Waals surface area contributed by atoms with Gasteiger partial charge in [-0.3, -0.25) is 14.4 Å². The molecule has 1 aromatic heterocycles. The number of rotatable bonds is 5. The van der Waals surface area contributed by atoms with Crippen LogP contribution in [0.5, 0.6) is 5.75 Å². The molecule has 0 saturated heterocycles. The van der Waals surface area contributed by atoms with E-state index in [-0.39, 0.29) is 30.3 Å². The number of hydrogen-bond acceptors (Lipinski definition) is 4. The minimum absolute atomic E-state index is 0.00506. The van der Waals surface area contributed by atoms with E-state index in [1.807, 2.05) is 42.5 Å². The van der Waals surface area contributed by atoms with Gasteiger partial charge in [0, 0.05) is 28.7 Å². The van der Waals surface area contributed by atoms with Gasteiger partial charge >= 0.3 is 0 Å². The van der Waals surface area contributed by atoms with E-state index >= 15 is 0 Å². The Hall–Kier alpha value is -3.91. The Bertz CT molecular complexity index is 1470. The lowest BCUT2D eigenvalue weighted by molar-refractivity contribution is -0.128. The molecule has 0 bridgehead atoms. The largest absolute Gasteiger partial charge is 0.477 e. The van der Waals surface area contributed by atoms with E-state index < -0.39 is 6.10 Å². The first kappa shape index (κ1) is 22.9. The summed E-state index contributed by atoms with van der Waals surface area (Å²) in [6.45, 7) is 0.458. The zero-order valence-electron chi connectivity index (χ0n) is 18.7. The van der Waals surface area contributed by atoms with Crippen molar-refractivity contribution < 1.29 is 14.3 Å². The SMILES string of the molecule is O=C(NCc1ccccc1)[C@H]1CN(C(=O)Cn2ccc(=O)c3cc(Br)ccc32)c2ccccc2O1. The van der Waals surface area contributed by atoms with Crippen LogP contribution in [0.25, 0.3) is 10.9 Å². The number of carbonyl (C=O) groups excluding carboxylic acids is 2. The van der Waals surface area contributed by atoms with Crippen molar-refractivity contribution >= 4 is 44.3 Å². The molecule has 1 aliphatic rings. The third kappa shape index (κ3) is 4.83. The van der Waals surface area contributed by atoms with Crippen molar-refractivity contribution in [3.05, 3.63) is 105 Å². The highest BCUT2D eigenvalue weighted by atomic mass is 79.9. The Balaban J connectivity index is 1.39. The number of benzene rings is 3. The smallest absolute Gasteiger partial charge is 0.263 e. The van der Waals surface area contributed by atoms with E-state index in [0.29, 0.717) is 28.9 Å². The fraction of sp³-hybridized carbons (Fsp3) is 0.148. The number of hydrogen-bond donors (Lipinski definition) is 1. The minimum Gasteiger partial charge on any atom is -0.477 e. The number of carbonyl (C=O) groups is 2. The van der Waals surface area contributed by atoms with Crippen LogP contribution in [-0.2, 0) is 22.7 Å². The molecule has 5 rings (SSSR count). The molecule has 0 saturated carbocycles. The summed E-state index contributed by atoms with van der Waals surface area (Å²) in [5.74, 6) is -0.0325. The number of pyridine rings is 1. The average molecular weight is 532 g/mol. The van der Waals surface area contributed by atoms with E-state index in [1.54, 1.807) is 46.0 Å². The van der Waals surface area contributed by atoms with E-state index in [2.05, 4.69) is 21.2 Å². The van der Waals surface area contributed by atoms with Gasteiger partial charge in [0.2, 0.25) is 5.91 Å². The molecule has 0 radical (unpaired) electrons. The quantitative estimate of drug-likeness (QED) is 0.423. The number of halogens is 1. The van der Waals surface area contributed by atoms with Gasteiger partial charge in [-0.15, -0.1) is 0 Å². The molecule has 1 atom stereocenters. The molecule has 0 fully saturated rings. The molecule has 7 nitrogen and oxygen atoms in total. The standard InChI is InChI=1S/C27H22BrN3O4/c28-19-10-11-21-20(14-19)23(32)12-13-30(21)17-26(33)31-16-25(35-24-9-5-4-8-22(24)31)27(34)29-15-18-6-2-1-3-7-18/h1-14,25H,15-17H2,(H,29,34)/t25-/m1/s1. The van der Waals surface area contributed by atoms with Gasteiger partial charge < -0.3 is 19.5 Å². The van der Waals surface area contributed by atoms with E-state index in [9.17, 15) is 14.4 Å². The van der Waals surface area contributed by atoms with Crippen molar-refractivity contribution in [3.63, 3.8) is 0 Å². The Labute approximate surface area is 210 Å². The minimum atomic E-state index is -0.848. The highest BCUT2D eigenvalue weighted by molar-refractivity contribution is 9.10. The Morgan fingerprint density at radius 3 is 2.60 bits per heavy atom. The van der Waals surface area contributed by atoms with Gasteiger partial charge in [0.1, 0.15) is 12.3 Å². The van der Waals surface area contributed by atoms with Crippen LogP contribution in [0.3, 0.4) is 0 Å². The Morgan fingerprint density at radius 1 is 1.00 bits per heavy atom. The van der Waals surface area contributed by atoms with E-state index in [1.165, 1.54) is 6.07 Å². The predicted octanol–water partition coefficient (Wildman–Crippen LogP) is 3.87. The first-order valence-electron chi connectivity index (χ1n) is 11.2. The Morgan fingerprint density at radius 2 is 1.77 bits per heavy atom. The Kier molecular flexibility index (Phi) is 6.37. The summed E-state index contributed by atoms with van der Waals surface area (Å²) in [4.78, 5) is 40.3. The number of fused-ring (bicyclic) bond motifs is 2. The second kappa shape index (κ2) is 9.76.